The Balaban J connectivity index is 1.61. The molecule has 0 spiro atoms. The summed E-state index contributed by atoms with van der Waals surface area (Å²) < 4.78 is 0. The van der Waals surface area contributed by atoms with Crippen LogP contribution in [-0.2, 0) is 9.59 Å². The van der Waals surface area contributed by atoms with Crippen molar-refractivity contribution < 1.29 is 9.59 Å². The van der Waals surface area contributed by atoms with Gasteiger partial charge in [-0.3, -0.25) is 19.8 Å². The van der Waals surface area contributed by atoms with Crippen molar-refractivity contribution >= 4 is 23.3 Å². The monoisotopic (exact) mass is 363 g/mol. The van der Waals surface area contributed by atoms with Crippen LogP contribution in [0, 0.1) is 0 Å². The molecule has 0 radical (unpaired) electrons. The topological polar surface area (TPSA) is 52.7 Å². The standard InChI is InChI=1S/C19H26ClN3O2/c20-14-23(16-7-3-1-4-8-17(16)24)18-11-10-15(13-21-18)22-12-6-2-5-9-19(22)25/h1,3-5,7,9,15-16,18,21H,2,6,8,10-14H2. The third-order valence-electron chi connectivity index (χ3n) is 5.20. The molecule has 6 heteroatoms. The van der Waals surface area contributed by atoms with E-state index in [1.54, 1.807) is 6.08 Å². The van der Waals surface area contributed by atoms with Crippen LogP contribution in [0.15, 0.2) is 36.5 Å². The molecule has 2 aliphatic heterocycles. The number of hydrogen-bond acceptors (Lipinski definition) is 4. The number of nitrogens with zero attached hydrogens (tertiary/aromatic N) is 2. The van der Waals surface area contributed by atoms with Crippen LogP contribution in [-0.4, -0.2) is 58.8 Å². The molecule has 3 atom stereocenters. The molecule has 2 heterocycles. The number of Topliss-reactive ketones (excluding diaryl/α,β-unsaturated/α-hetero) is 1. The molecule has 0 aromatic heterocycles. The van der Waals surface area contributed by atoms with E-state index in [4.69, 9.17) is 11.6 Å². The van der Waals surface area contributed by atoms with Crippen LogP contribution in [0.5, 0.6) is 0 Å². The Hall–Kier alpha value is -1.43. The van der Waals surface area contributed by atoms with Gasteiger partial charge in [-0.2, -0.15) is 0 Å². The van der Waals surface area contributed by atoms with Gasteiger partial charge in [0.05, 0.1) is 18.2 Å². The molecule has 1 saturated heterocycles. The lowest BCUT2D eigenvalue weighted by Crippen LogP contribution is -2.59. The second kappa shape index (κ2) is 8.79. The summed E-state index contributed by atoms with van der Waals surface area (Å²) in [5.41, 5.74) is 0. The normalized spacial score (nSPS) is 30.6. The van der Waals surface area contributed by atoms with Crippen LogP contribution in [0.3, 0.4) is 0 Å². The summed E-state index contributed by atoms with van der Waals surface area (Å²) in [6.07, 6.45) is 15.6. The number of allylic oxidation sites excluding steroid dienone is 4. The van der Waals surface area contributed by atoms with Crippen LogP contribution in [0.2, 0.25) is 0 Å². The molecule has 136 valence electrons. The summed E-state index contributed by atoms with van der Waals surface area (Å²) in [5, 5.41) is 3.51. The van der Waals surface area contributed by atoms with Crippen molar-refractivity contribution in [1.82, 2.24) is 15.1 Å². The third-order valence-corrected chi connectivity index (χ3v) is 5.48. The van der Waals surface area contributed by atoms with E-state index in [-0.39, 0.29) is 29.9 Å². The first kappa shape index (κ1) is 18.4. The fourth-order valence-corrected chi connectivity index (χ4v) is 4.13. The van der Waals surface area contributed by atoms with Gasteiger partial charge in [0.25, 0.3) is 0 Å². The minimum atomic E-state index is -0.288. The fraction of sp³-hybridized carbons (Fsp3) is 0.579. The maximum Gasteiger partial charge on any atom is 0.246 e. The number of alkyl halides is 1. The number of amides is 1. The molecular weight excluding hydrogens is 338 g/mol. The first-order valence-corrected chi connectivity index (χ1v) is 9.62. The number of carbonyl (C=O) groups excluding carboxylic acids is 2. The Kier molecular flexibility index (Phi) is 6.45. The number of ketones is 1. The molecule has 1 aliphatic carbocycles. The van der Waals surface area contributed by atoms with Crippen molar-refractivity contribution in [3.05, 3.63) is 36.5 Å². The molecule has 0 bridgehead atoms. The second-order valence-electron chi connectivity index (χ2n) is 6.79. The maximum absolute atomic E-state index is 12.4. The highest BCUT2D eigenvalue weighted by molar-refractivity contribution is 6.17. The van der Waals surface area contributed by atoms with Crippen molar-refractivity contribution in [3.8, 4) is 0 Å². The summed E-state index contributed by atoms with van der Waals surface area (Å²) in [6.45, 7) is 1.55. The number of piperidine rings is 1. The van der Waals surface area contributed by atoms with E-state index in [1.165, 1.54) is 0 Å². The van der Waals surface area contributed by atoms with E-state index in [0.29, 0.717) is 12.4 Å². The molecule has 0 aromatic rings. The largest absolute Gasteiger partial charge is 0.335 e. The van der Waals surface area contributed by atoms with Gasteiger partial charge in [-0.25, -0.2) is 0 Å². The van der Waals surface area contributed by atoms with Crippen LogP contribution in [0.25, 0.3) is 0 Å². The number of hydrogen-bond donors (Lipinski definition) is 1. The van der Waals surface area contributed by atoms with Crippen LogP contribution < -0.4 is 5.32 Å². The fourth-order valence-electron chi connectivity index (χ4n) is 3.81. The third kappa shape index (κ3) is 4.40. The molecule has 25 heavy (non-hydrogen) atoms. The van der Waals surface area contributed by atoms with E-state index in [2.05, 4.69) is 5.32 Å². The average molecular weight is 364 g/mol. The van der Waals surface area contributed by atoms with Crippen molar-refractivity contribution in [2.45, 2.75) is 50.4 Å². The summed E-state index contributed by atoms with van der Waals surface area (Å²) in [6, 6.07) is 0.226. The molecule has 0 saturated carbocycles. The first-order chi connectivity index (χ1) is 12.2. The minimum Gasteiger partial charge on any atom is -0.335 e. The van der Waals surface area contributed by atoms with Crippen LogP contribution in [0.4, 0.5) is 0 Å². The van der Waals surface area contributed by atoms with Gasteiger partial charge in [0.2, 0.25) is 5.91 Å². The molecule has 0 aromatic carbocycles. The summed E-state index contributed by atoms with van der Waals surface area (Å²) in [4.78, 5) is 28.6. The molecule has 3 unspecified atom stereocenters. The molecule has 1 amide bonds. The lowest BCUT2D eigenvalue weighted by atomic mass is 10.0. The van der Waals surface area contributed by atoms with E-state index >= 15 is 0 Å². The van der Waals surface area contributed by atoms with Gasteiger partial charge in [-0.05, 0) is 31.8 Å². The highest BCUT2D eigenvalue weighted by atomic mass is 35.5. The quantitative estimate of drug-likeness (QED) is 0.614. The van der Waals surface area contributed by atoms with Crippen molar-refractivity contribution in [2.24, 2.45) is 0 Å². The Morgan fingerprint density at radius 1 is 1.24 bits per heavy atom. The lowest BCUT2D eigenvalue weighted by molar-refractivity contribution is -0.128. The molecule has 1 fully saturated rings. The van der Waals surface area contributed by atoms with Gasteiger partial charge in [0, 0.05) is 25.6 Å². The van der Waals surface area contributed by atoms with E-state index in [0.717, 1.165) is 38.8 Å². The van der Waals surface area contributed by atoms with E-state index in [1.807, 2.05) is 40.2 Å². The Morgan fingerprint density at radius 3 is 2.88 bits per heavy atom. The highest BCUT2D eigenvalue weighted by Crippen LogP contribution is 2.22. The second-order valence-corrected chi connectivity index (χ2v) is 7.03. The van der Waals surface area contributed by atoms with E-state index < -0.39 is 0 Å². The minimum absolute atomic E-state index is 0.0584. The van der Waals surface area contributed by atoms with Gasteiger partial charge in [0.1, 0.15) is 0 Å². The van der Waals surface area contributed by atoms with Crippen molar-refractivity contribution in [2.75, 3.05) is 19.1 Å². The summed E-state index contributed by atoms with van der Waals surface area (Å²) in [7, 11) is 0. The first-order valence-electron chi connectivity index (χ1n) is 9.09. The van der Waals surface area contributed by atoms with E-state index in [9.17, 15) is 9.59 Å². The predicted molar refractivity (Wildman–Crippen MR) is 99.2 cm³/mol. The zero-order chi connectivity index (χ0) is 17.6. The zero-order valence-corrected chi connectivity index (χ0v) is 15.2. The Morgan fingerprint density at radius 2 is 2.12 bits per heavy atom. The van der Waals surface area contributed by atoms with Gasteiger partial charge in [-0.1, -0.05) is 30.4 Å². The molecule has 1 N–H and O–H groups in total. The summed E-state index contributed by atoms with van der Waals surface area (Å²) >= 11 is 6.19. The number of halogens is 1. The number of rotatable bonds is 4. The Bertz CT molecular complexity index is 579. The van der Waals surface area contributed by atoms with Crippen molar-refractivity contribution in [3.63, 3.8) is 0 Å². The van der Waals surface area contributed by atoms with Gasteiger partial charge < -0.3 is 4.90 Å². The van der Waals surface area contributed by atoms with Crippen LogP contribution in [0.1, 0.15) is 32.1 Å². The molecule has 3 aliphatic rings. The lowest BCUT2D eigenvalue weighted by Gasteiger charge is -2.42. The maximum atomic E-state index is 12.4. The molecular formula is C19H26ClN3O2. The predicted octanol–water partition coefficient (Wildman–Crippen LogP) is 2.20. The molecule has 5 nitrogen and oxygen atoms in total. The van der Waals surface area contributed by atoms with Gasteiger partial charge in [-0.15, -0.1) is 11.6 Å². The Labute approximate surface area is 154 Å². The number of nitrogens with one attached hydrogen (secondary N) is 1. The van der Waals surface area contributed by atoms with Crippen molar-refractivity contribution in [1.29, 1.82) is 0 Å². The highest BCUT2D eigenvalue weighted by Gasteiger charge is 2.34. The number of carbonyl (C=O) groups is 2. The SMILES string of the molecule is O=C1CC=CC=CC1N(CCl)C1CCC(N2CCCC=CC2=O)CN1. The van der Waals surface area contributed by atoms with Gasteiger partial charge >= 0.3 is 0 Å². The molecule has 3 rings (SSSR count). The van der Waals surface area contributed by atoms with Gasteiger partial charge in [0.15, 0.2) is 5.78 Å². The smallest absolute Gasteiger partial charge is 0.246 e. The summed E-state index contributed by atoms with van der Waals surface area (Å²) in [5.74, 6) is 0.285. The average Bonchev–Trinajstić information content (AvgIpc) is 2.97. The zero-order valence-electron chi connectivity index (χ0n) is 14.4. The van der Waals surface area contributed by atoms with Crippen LogP contribution >= 0.6 is 11.6 Å².